The number of rotatable bonds is 4. The number of hydrogen-bond acceptors (Lipinski definition) is 5. The van der Waals surface area contributed by atoms with Gasteiger partial charge in [0.15, 0.2) is 9.84 Å². The first-order valence-electron chi connectivity index (χ1n) is 7.80. The van der Waals surface area contributed by atoms with Crippen LogP contribution in [0.1, 0.15) is 30.0 Å². The van der Waals surface area contributed by atoms with E-state index in [9.17, 15) is 8.42 Å². The SMILES string of the molecule is CS(=O)(=O)c1cccnc1[C@H]1CCCN(Cc2cccnc2)C1. The van der Waals surface area contributed by atoms with Gasteiger partial charge < -0.3 is 0 Å². The van der Waals surface area contributed by atoms with E-state index >= 15 is 0 Å². The molecule has 6 heteroatoms. The van der Waals surface area contributed by atoms with E-state index in [0.29, 0.717) is 10.6 Å². The van der Waals surface area contributed by atoms with E-state index in [-0.39, 0.29) is 5.92 Å². The van der Waals surface area contributed by atoms with Gasteiger partial charge in [-0.2, -0.15) is 0 Å². The number of sulfone groups is 1. The third kappa shape index (κ3) is 3.95. The normalized spacial score (nSPS) is 19.6. The summed E-state index contributed by atoms with van der Waals surface area (Å²) in [5.41, 5.74) is 1.89. The van der Waals surface area contributed by atoms with E-state index in [1.807, 2.05) is 12.3 Å². The molecule has 23 heavy (non-hydrogen) atoms. The summed E-state index contributed by atoms with van der Waals surface area (Å²) in [5, 5.41) is 0. The molecule has 1 aliphatic rings. The number of likely N-dealkylation sites (tertiary alicyclic amines) is 1. The molecule has 0 aromatic carbocycles. The fourth-order valence-electron chi connectivity index (χ4n) is 3.20. The van der Waals surface area contributed by atoms with Crippen LogP contribution < -0.4 is 0 Å². The summed E-state index contributed by atoms with van der Waals surface area (Å²) >= 11 is 0. The zero-order chi connectivity index (χ0) is 16.3. The maximum absolute atomic E-state index is 12.0. The number of aromatic nitrogens is 2. The lowest BCUT2D eigenvalue weighted by molar-refractivity contribution is 0.197. The van der Waals surface area contributed by atoms with Crippen molar-refractivity contribution in [1.82, 2.24) is 14.9 Å². The molecule has 0 spiro atoms. The summed E-state index contributed by atoms with van der Waals surface area (Å²) in [7, 11) is -3.25. The first kappa shape index (κ1) is 16.1. The van der Waals surface area contributed by atoms with Crippen molar-refractivity contribution >= 4 is 9.84 Å². The number of nitrogens with zero attached hydrogens (tertiary/aromatic N) is 3. The van der Waals surface area contributed by atoms with Crippen LogP contribution in [0.5, 0.6) is 0 Å². The molecule has 0 unspecified atom stereocenters. The summed E-state index contributed by atoms with van der Waals surface area (Å²) in [6.45, 7) is 2.69. The minimum Gasteiger partial charge on any atom is -0.298 e. The van der Waals surface area contributed by atoms with Crippen molar-refractivity contribution in [2.45, 2.75) is 30.2 Å². The molecule has 0 radical (unpaired) electrons. The van der Waals surface area contributed by atoms with Crippen LogP contribution in [0.15, 0.2) is 47.8 Å². The van der Waals surface area contributed by atoms with Crippen LogP contribution in [0.4, 0.5) is 0 Å². The van der Waals surface area contributed by atoms with Gasteiger partial charge in [-0.3, -0.25) is 14.9 Å². The lowest BCUT2D eigenvalue weighted by Crippen LogP contribution is -2.34. The summed E-state index contributed by atoms with van der Waals surface area (Å²) in [6.07, 6.45) is 8.61. The average molecular weight is 331 g/mol. The molecular formula is C17H21N3O2S. The van der Waals surface area contributed by atoms with E-state index in [4.69, 9.17) is 0 Å². The van der Waals surface area contributed by atoms with Crippen molar-refractivity contribution in [2.24, 2.45) is 0 Å². The Bertz CT molecular complexity index is 762. The highest BCUT2D eigenvalue weighted by Crippen LogP contribution is 2.30. The van der Waals surface area contributed by atoms with Gasteiger partial charge in [-0.05, 0) is 43.1 Å². The summed E-state index contributed by atoms with van der Waals surface area (Å²) < 4.78 is 24.0. The molecule has 122 valence electrons. The van der Waals surface area contributed by atoms with Gasteiger partial charge in [0, 0.05) is 43.9 Å². The third-order valence-corrected chi connectivity index (χ3v) is 5.36. The van der Waals surface area contributed by atoms with Crippen LogP contribution in [0.3, 0.4) is 0 Å². The fourth-order valence-corrected chi connectivity index (χ4v) is 4.12. The Labute approximate surface area is 137 Å². The molecule has 0 amide bonds. The molecule has 3 rings (SSSR count). The Morgan fingerprint density at radius 1 is 1.26 bits per heavy atom. The van der Waals surface area contributed by atoms with Gasteiger partial charge in [0.1, 0.15) is 0 Å². The molecule has 0 aliphatic carbocycles. The van der Waals surface area contributed by atoms with E-state index < -0.39 is 9.84 Å². The van der Waals surface area contributed by atoms with Crippen molar-refractivity contribution in [3.8, 4) is 0 Å². The van der Waals surface area contributed by atoms with E-state index in [2.05, 4.69) is 20.9 Å². The zero-order valence-electron chi connectivity index (χ0n) is 13.2. The molecular weight excluding hydrogens is 310 g/mol. The molecule has 0 saturated carbocycles. The summed E-state index contributed by atoms with van der Waals surface area (Å²) in [6, 6.07) is 7.37. The highest BCUT2D eigenvalue weighted by molar-refractivity contribution is 7.90. The second kappa shape index (κ2) is 6.76. The Morgan fingerprint density at radius 2 is 2.09 bits per heavy atom. The first-order valence-corrected chi connectivity index (χ1v) is 9.69. The van der Waals surface area contributed by atoms with E-state index in [0.717, 1.165) is 32.5 Å². The molecule has 1 saturated heterocycles. The minimum absolute atomic E-state index is 0.159. The van der Waals surface area contributed by atoms with Gasteiger partial charge in [-0.1, -0.05) is 6.07 Å². The Kier molecular flexibility index (Phi) is 4.73. The van der Waals surface area contributed by atoms with E-state index in [1.54, 1.807) is 24.5 Å². The van der Waals surface area contributed by atoms with E-state index in [1.165, 1.54) is 11.8 Å². The first-order chi connectivity index (χ1) is 11.0. The van der Waals surface area contributed by atoms with Gasteiger partial charge in [0.2, 0.25) is 0 Å². The average Bonchev–Trinajstić information content (AvgIpc) is 2.55. The molecule has 0 N–H and O–H groups in total. The summed E-state index contributed by atoms with van der Waals surface area (Å²) in [4.78, 5) is 11.3. The summed E-state index contributed by atoms with van der Waals surface area (Å²) in [5.74, 6) is 0.159. The standard InChI is InChI=1S/C17H21N3O2S/c1-23(21,22)16-7-3-9-19-17(16)15-6-4-10-20(13-15)12-14-5-2-8-18-11-14/h2-3,5,7-9,11,15H,4,6,10,12-13H2,1H3/t15-/m0/s1. The highest BCUT2D eigenvalue weighted by Gasteiger charge is 2.27. The second-order valence-electron chi connectivity index (χ2n) is 6.09. The number of piperidine rings is 1. The van der Waals surface area contributed by atoms with Crippen LogP contribution >= 0.6 is 0 Å². The van der Waals surface area contributed by atoms with Crippen molar-refractivity contribution in [3.63, 3.8) is 0 Å². The van der Waals surface area contributed by atoms with Crippen LogP contribution in [0.2, 0.25) is 0 Å². The highest BCUT2D eigenvalue weighted by atomic mass is 32.2. The third-order valence-electron chi connectivity index (χ3n) is 4.22. The molecule has 5 nitrogen and oxygen atoms in total. The topological polar surface area (TPSA) is 63.2 Å². The molecule has 0 bridgehead atoms. The minimum atomic E-state index is -3.25. The molecule has 2 aromatic rings. The van der Waals surface area contributed by atoms with Gasteiger partial charge in [-0.25, -0.2) is 8.42 Å². The molecule has 1 atom stereocenters. The fraction of sp³-hybridized carbons (Fsp3) is 0.412. The Balaban J connectivity index is 1.79. The predicted molar refractivity (Wildman–Crippen MR) is 88.8 cm³/mol. The largest absolute Gasteiger partial charge is 0.298 e. The van der Waals surface area contributed by atoms with Crippen LogP contribution in [0, 0.1) is 0 Å². The maximum atomic E-state index is 12.0. The Hall–Kier alpha value is -1.79. The van der Waals surface area contributed by atoms with Gasteiger partial charge >= 0.3 is 0 Å². The predicted octanol–water partition coefficient (Wildman–Crippen LogP) is 2.26. The monoisotopic (exact) mass is 331 g/mol. The van der Waals surface area contributed by atoms with Gasteiger partial charge in [0.05, 0.1) is 10.6 Å². The van der Waals surface area contributed by atoms with Crippen LogP contribution in [-0.2, 0) is 16.4 Å². The zero-order valence-corrected chi connectivity index (χ0v) is 14.0. The molecule has 2 aromatic heterocycles. The van der Waals surface area contributed by atoms with Crippen molar-refractivity contribution in [2.75, 3.05) is 19.3 Å². The molecule has 1 fully saturated rings. The van der Waals surface area contributed by atoms with Gasteiger partial charge in [0.25, 0.3) is 0 Å². The second-order valence-corrected chi connectivity index (χ2v) is 8.08. The van der Waals surface area contributed by atoms with Crippen LogP contribution in [-0.4, -0.2) is 42.6 Å². The lowest BCUT2D eigenvalue weighted by atomic mass is 9.94. The Morgan fingerprint density at radius 3 is 2.83 bits per heavy atom. The molecule has 1 aliphatic heterocycles. The number of pyridine rings is 2. The van der Waals surface area contributed by atoms with Crippen LogP contribution in [0.25, 0.3) is 0 Å². The molecule has 3 heterocycles. The lowest BCUT2D eigenvalue weighted by Gasteiger charge is -2.33. The van der Waals surface area contributed by atoms with Crippen molar-refractivity contribution in [3.05, 3.63) is 54.1 Å². The quantitative estimate of drug-likeness (QED) is 0.860. The number of hydrogen-bond donors (Lipinski definition) is 0. The maximum Gasteiger partial charge on any atom is 0.177 e. The van der Waals surface area contributed by atoms with Crippen molar-refractivity contribution < 1.29 is 8.42 Å². The van der Waals surface area contributed by atoms with Crippen molar-refractivity contribution in [1.29, 1.82) is 0 Å². The van der Waals surface area contributed by atoms with Gasteiger partial charge in [-0.15, -0.1) is 0 Å². The smallest absolute Gasteiger partial charge is 0.177 e.